The highest BCUT2D eigenvalue weighted by Crippen LogP contribution is 2.49. The van der Waals surface area contributed by atoms with Crippen LogP contribution in [0.5, 0.6) is 0 Å². The quantitative estimate of drug-likeness (QED) is 0.500. The fourth-order valence-corrected chi connectivity index (χ4v) is 6.53. The second-order valence-corrected chi connectivity index (χ2v) is 9.69. The molecule has 0 N–H and O–H groups in total. The highest BCUT2D eigenvalue weighted by atomic mass is 14.4. The highest BCUT2D eigenvalue weighted by Gasteiger charge is 2.38. The largest absolute Gasteiger partial charge is 0.0917 e. The minimum absolute atomic E-state index is 0.971. The van der Waals surface area contributed by atoms with Crippen molar-refractivity contribution >= 4 is 0 Å². The molecule has 0 aromatic heterocycles. The molecule has 0 saturated heterocycles. The van der Waals surface area contributed by atoms with Crippen molar-refractivity contribution in [2.24, 2.45) is 29.6 Å². The second kappa shape index (κ2) is 8.32. The van der Waals surface area contributed by atoms with Crippen molar-refractivity contribution in [3.05, 3.63) is 47.0 Å². The molecule has 0 bridgehead atoms. The first-order valence-corrected chi connectivity index (χ1v) is 11.4. The van der Waals surface area contributed by atoms with Crippen molar-refractivity contribution in [1.29, 1.82) is 0 Å². The maximum Gasteiger partial charge on any atom is -0.0245 e. The van der Waals surface area contributed by atoms with E-state index in [1.165, 1.54) is 63.4 Å². The topological polar surface area (TPSA) is 0 Å². The number of aryl methyl sites for hydroxylation is 2. The minimum Gasteiger partial charge on any atom is -0.0917 e. The molecule has 0 amide bonds. The summed E-state index contributed by atoms with van der Waals surface area (Å²) in [7, 11) is 0. The summed E-state index contributed by atoms with van der Waals surface area (Å²) < 4.78 is 0. The zero-order valence-electron chi connectivity index (χ0n) is 17.1. The van der Waals surface area contributed by atoms with Gasteiger partial charge < -0.3 is 0 Å². The van der Waals surface area contributed by atoms with E-state index >= 15 is 0 Å². The van der Waals surface area contributed by atoms with Crippen LogP contribution in [0.3, 0.4) is 0 Å². The van der Waals surface area contributed by atoms with Crippen LogP contribution in [0.1, 0.15) is 81.4 Å². The molecule has 3 aliphatic rings. The first kappa shape index (κ1) is 18.3. The van der Waals surface area contributed by atoms with E-state index in [1.807, 2.05) is 0 Å². The molecule has 26 heavy (non-hydrogen) atoms. The summed E-state index contributed by atoms with van der Waals surface area (Å²) in [5.41, 5.74) is 4.76. The SMILES string of the molecule is C/C=C/CCC1CCC2CC(C3CCc4cc(C)ccc4C3)CCC2C1. The summed E-state index contributed by atoms with van der Waals surface area (Å²) in [6.07, 6.45) is 20.7. The van der Waals surface area contributed by atoms with Gasteiger partial charge in [-0.2, -0.15) is 0 Å². The third-order valence-corrected chi connectivity index (χ3v) is 8.03. The van der Waals surface area contributed by atoms with Crippen molar-refractivity contribution in [2.45, 2.75) is 84.5 Å². The summed E-state index contributed by atoms with van der Waals surface area (Å²) in [6.45, 7) is 4.39. The maximum absolute atomic E-state index is 2.44. The molecule has 142 valence electrons. The van der Waals surface area contributed by atoms with Gasteiger partial charge in [0.25, 0.3) is 0 Å². The number of hydrogen-bond donors (Lipinski definition) is 0. The Kier molecular flexibility index (Phi) is 5.87. The Balaban J connectivity index is 1.31. The van der Waals surface area contributed by atoms with Crippen LogP contribution in [0.2, 0.25) is 0 Å². The molecule has 2 fully saturated rings. The van der Waals surface area contributed by atoms with Gasteiger partial charge in [0.1, 0.15) is 0 Å². The summed E-state index contributed by atoms with van der Waals surface area (Å²) in [6, 6.07) is 7.20. The summed E-state index contributed by atoms with van der Waals surface area (Å²) in [4.78, 5) is 0. The van der Waals surface area contributed by atoms with Crippen LogP contribution in [-0.4, -0.2) is 0 Å². The van der Waals surface area contributed by atoms with Gasteiger partial charge in [-0.25, -0.2) is 0 Å². The lowest BCUT2D eigenvalue weighted by molar-refractivity contribution is 0.0699. The van der Waals surface area contributed by atoms with Gasteiger partial charge in [0.05, 0.1) is 0 Å². The molecule has 5 unspecified atom stereocenters. The molecule has 4 rings (SSSR count). The monoisotopic (exact) mass is 350 g/mol. The molecule has 0 spiro atoms. The molecule has 0 aliphatic heterocycles. The van der Waals surface area contributed by atoms with Crippen LogP contribution >= 0.6 is 0 Å². The smallest absolute Gasteiger partial charge is 0.0245 e. The number of hydrogen-bond acceptors (Lipinski definition) is 0. The highest BCUT2D eigenvalue weighted by molar-refractivity contribution is 5.33. The van der Waals surface area contributed by atoms with Gasteiger partial charge in [0.15, 0.2) is 0 Å². The predicted molar refractivity (Wildman–Crippen MR) is 112 cm³/mol. The van der Waals surface area contributed by atoms with Crippen LogP contribution < -0.4 is 0 Å². The van der Waals surface area contributed by atoms with Crippen LogP contribution in [0.15, 0.2) is 30.4 Å². The zero-order valence-corrected chi connectivity index (χ0v) is 17.1. The second-order valence-electron chi connectivity index (χ2n) is 9.69. The zero-order chi connectivity index (χ0) is 17.9. The molecular formula is C26H38. The van der Waals surface area contributed by atoms with Gasteiger partial charge in [-0.1, -0.05) is 42.3 Å². The molecule has 0 nitrogen and oxygen atoms in total. The normalized spacial score (nSPS) is 34.5. The van der Waals surface area contributed by atoms with Crippen LogP contribution in [-0.2, 0) is 12.8 Å². The number of allylic oxidation sites excluding steroid dienone is 2. The van der Waals surface area contributed by atoms with Crippen molar-refractivity contribution in [3.8, 4) is 0 Å². The maximum atomic E-state index is 2.44. The van der Waals surface area contributed by atoms with Crippen LogP contribution in [0.25, 0.3) is 0 Å². The van der Waals surface area contributed by atoms with E-state index in [0.29, 0.717) is 0 Å². The van der Waals surface area contributed by atoms with E-state index < -0.39 is 0 Å². The van der Waals surface area contributed by atoms with Gasteiger partial charge in [0.2, 0.25) is 0 Å². The third-order valence-electron chi connectivity index (χ3n) is 8.03. The molecule has 0 heteroatoms. The van der Waals surface area contributed by atoms with Crippen LogP contribution in [0, 0.1) is 36.5 Å². The average Bonchev–Trinajstić information content (AvgIpc) is 2.67. The van der Waals surface area contributed by atoms with Gasteiger partial charge in [-0.15, -0.1) is 0 Å². The predicted octanol–water partition coefficient (Wildman–Crippen LogP) is 7.29. The molecule has 1 aromatic carbocycles. The molecule has 2 saturated carbocycles. The first-order chi connectivity index (χ1) is 12.7. The summed E-state index contributed by atoms with van der Waals surface area (Å²) in [5, 5.41) is 0. The van der Waals surface area contributed by atoms with E-state index in [4.69, 9.17) is 0 Å². The molecule has 0 heterocycles. The third kappa shape index (κ3) is 4.10. The average molecular weight is 351 g/mol. The lowest BCUT2D eigenvalue weighted by Crippen LogP contribution is -2.35. The summed E-state index contributed by atoms with van der Waals surface area (Å²) in [5.74, 6) is 5.14. The Morgan fingerprint density at radius 3 is 2.50 bits per heavy atom. The number of benzene rings is 1. The fourth-order valence-electron chi connectivity index (χ4n) is 6.53. The van der Waals surface area contributed by atoms with Crippen molar-refractivity contribution in [1.82, 2.24) is 0 Å². The van der Waals surface area contributed by atoms with Gasteiger partial charge in [-0.3, -0.25) is 0 Å². The van der Waals surface area contributed by atoms with Crippen molar-refractivity contribution < 1.29 is 0 Å². The molecule has 3 aliphatic carbocycles. The number of fused-ring (bicyclic) bond motifs is 2. The Labute approximate surface area is 161 Å². The van der Waals surface area contributed by atoms with E-state index in [-0.39, 0.29) is 0 Å². The lowest BCUT2D eigenvalue weighted by Gasteiger charge is -2.45. The van der Waals surface area contributed by atoms with E-state index in [9.17, 15) is 0 Å². The number of rotatable bonds is 4. The van der Waals surface area contributed by atoms with Crippen LogP contribution in [0.4, 0.5) is 0 Å². The Bertz CT molecular complexity index is 625. The molecule has 0 radical (unpaired) electrons. The van der Waals surface area contributed by atoms with E-state index in [0.717, 1.165) is 29.6 Å². The van der Waals surface area contributed by atoms with E-state index in [1.54, 1.807) is 24.0 Å². The Morgan fingerprint density at radius 2 is 1.65 bits per heavy atom. The lowest BCUT2D eigenvalue weighted by atomic mass is 9.61. The molecule has 1 aromatic rings. The molecule has 5 atom stereocenters. The first-order valence-electron chi connectivity index (χ1n) is 11.4. The van der Waals surface area contributed by atoms with Crippen molar-refractivity contribution in [2.75, 3.05) is 0 Å². The van der Waals surface area contributed by atoms with Gasteiger partial charge >= 0.3 is 0 Å². The minimum atomic E-state index is 0.971. The molecular weight excluding hydrogens is 312 g/mol. The standard InChI is InChI=1S/C26H38/c1-3-4-5-6-20-8-10-24-18-26(14-12-22(24)16-20)25-13-11-21-15-19(2)7-9-23(21)17-25/h3-4,7,9,15,20,22,24-26H,5-6,8,10-14,16-18H2,1-2H3/b4-3+. The van der Waals surface area contributed by atoms with Crippen molar-refractivity contribution in [3.63, 3.8) is 0 Å². The summed E-state index contributed by atoms with van der Waals surface area (Å²) >= 11 is 0. The van der Waals surface area contributed by atoms with E-state index in [2.05, 4.69) is 44.2 Å². The Hall–Kier alpha value is -1.04. The fraction of sp³-hybridized carbons (Fsp3) is 0.692. The van der Waals surface area contributed by atoms with Gasteiger partial charge in [0, 0.05) is 0 Å². The Morgan fingerprint density at radius 1 is 0.885 bits per heavy atom. The van der Waals surface area contributed by atoms with Gasteiger partial charge in [-0.05, 0) is 119 Å².